The van der Waals surface area contributed by atoms with Gasteiger partial charge in [-0.05, 0) is 60.0 Å². The zero-order valence-electron chi connectivity index (χ0n) is 14.8. The van der Waals surface area contributed by atoms with E-state index in [1.165, 1.54) is 0 Å². The van der Waals surface area contributed by atoms with Gasteiger partial charge in [0.25, 0.3) is 0 Å². The summed E-state index contributed by atoms with van der Waals surface area (Å²) in [6, 6.07) is 14.1. The summed E-state index contributed by atoms with van der Waals surface area (Å²) in [7, 11) is 0. The standard InChI is InChI=1S/C21H18BrN3OS/c1-12-9-10-18(27-12)19-13(11-23)21(24)25(15-6-3-2-5-14(15)22)16-7-4-8-17(26)20(16)19/h2-3,5-6,9-10,19H,4,7-8,24H2,1H3. The normalized spacial score (nSPS) is 20.0. The lowest BCUT2D eigenvalue weighted by atomic mass is 9.78. The molecule has 136 valence electrons. The van der Waals surface area contributed by atoms with Crippen LogP contribution in [0, 0.1) is 18.3 Å². The van der Waals surface area contributed by atoms with Crippen molar-refractivity contribution in [3.05, 3.63) is 73.3 Å². The minimum atomic E-state index is -0.366. The minimum Gasteiger partial charge on any atom is -0.384 e. The number of allylic oxidation sites excluding steroid dienone is 3. The molecule has 1 aliphatic carbocycles. The third-order valence-electron chi connectivity index (χ3n) is 5.05. The SMILES string of the molecule is Cc1ccc(C2C(C#N)=C(N)N(c3ccccc3Br)C3=C2C(=O)CCC3)s1. The van der Waals surface area contributed by atoms with Crippen LogP contribution in [0.2, 0.25) is 0 Å². The number of hydrogen-bond acceptors (Lipinski definition) is 5. The number of hydrogen-bond donors (Lipinski definition) is 1. The number of nitrogens with zero attached hydrogens (tertiary/aromatic N) is 2. The molecule has 2 heterocycles. The lowest BCUT2D eigenvalue weighted by Gasteiger charge is -2.39. The maximum Gasteiger partial charge on any atom is 0.161 e. The molecule has 1 unspecified atom stereocenters. The molecule has 1 aliphatic heterocycles. The van der Waals surface area contributed by atoms with E-state index in [-0.39, 0.29) is 11.7 Å². The monoisotopic (exact) mass is 439 g/mol. The molecule has 2 aromatic rings. The van der Waals surface area contributed by atoms with Crippen LogP contribution in [-0.2, 0) is 4.79 Å². The highest BCUT2D eigenvalue weighted by atomic mass is 79.9. The Morgan fingerprint density at radius 1 is 1.26 bits per heavy atom. The van der Waals surface area contributed by atoms with Gasteiger partial charge in [-0.3, -0.25) is 9.69 Å². The van der Waals surface area contributed by atoms with Crippen LogP contribution in [0.3, 0.4) is 0 Å². The van der Waals surface area contributed by atoms with Crippen molar-refractivity contribution in [2.24, 2.45) is 5.73 Å². The summed E-state index contributed by atoms with van der Waals surface area (Å²) in [4.78, 5) is 17.0. The topological polar surface area (TPSA) is 70.1 Å². The molecule has 2 aliphatic rings. The number of nitrogens with two attached hydrogens (primary N) is 1. The Bertz CT molecular complexity index is 1040. The molecule has 0 spiro atoms. The second-order valence-electron chi connectivity index (χ2n) is 6.72. The molecule has 0 amide bonds. The van der Waals surface area contributed by atoms with E-state index in [0.29, 0.717) is 17.8 Å². The van der Waals surface area contributed by atoms with Crippen molar-refractivity contribution in [2.75, 3.05) is 4.90 Å². The molecule has 1 aromatic heterocycles. The maximum atomic E-state index is 13.0. The molecule has 1 atom stereocenters. The summed E-state index contributed by atoms with van der Waals surface area (Å²) in [6.45, 7) is 2.03. The van der Waals surface area contributed by atoms with Gasteiger partial charge in [-0.25, -0.2) is 0 Å². The first-order valence-electron chi connectivity index (χ1n) is 8.80. The zero-order chi connectivity index (χ0) is 19.1. The van der Waals surface area contributed by atoms with Gasteiger partial charge in [0.2, 0.25) is 0 Å². The summed E-state index contributed by atoms with van der Waals surface area (Å²) >= 11 is 5.21. The van der Waals surface area contributed by atoms with Crippen LogP contribution in [0.4, 0.5) is 5.69 Å². The number of ketones is 1. The number of halogens is 1. The molecular weight excluding hydrogens is 422 g/mol. The molecule has 1 aromatic carbocycles. The van der Waals surface area contributed by atoms with Gasteiger partial charge in [-0.1, -0.05) is 12.1 Å². The minimum absolute atomic E-state index is 0.115. The van der Waals surface area contributed by atoms with E-state index < -0.39 is 0 Å². The van der Waals surface area contributed by atoms with Crippen molar-refractivity contribution in [1.82, 2.24) is 0 Å². The van der Waals surface area contributed by atoms with Crippen LogP contribution < -0.4 is 10.6 Å². The smallest absolute Gasteiger partial charge is 0.161 e. The number of anilines is 1. The molecule has 0 saturated carbocycles. The van der Waals surface area contributed by atoms with Crippen molar-refractivity contribution in [3.8, 4) is 6.07 Å². The first-order valence-corrected chi connectivity index (χ1v) is 10.4. The molecule has 0 radical (unpaired) electrons. The van der Waals surface area contributed by atoms with Crippen molar-refractivity contribution in [2.45, 2.75) is 32.1 Å². The lowest BCUT2D eigenvalue weighted by Crippen LogP contribution is -2.38. The van der Waals surface area contributed by atoms with Gasteiger partial charge in [0.1, 0.15) is 5.82 Å². The molecule has 6 heteroatoms. The average Bonchev–Trinajstić information content (AvgIpc) is 3.08. The van der Waals surface area contributed by atoms with Crippen LogP contribution >= 0.6 is 27.3 Å². The molecule has 0 saturated heterocycles. The Morgan fingerprint density at radius 3 is 2.70 bits per heavy atom. The highest BCUT2D eigenvalue weighted by Gasteiger charge is 2.41. The molecule has 0 fully saturated rings. The lowest BCUT2D eigenvalue weighted by molar-refractivity contribution is -0.116. The maximum absolute atomic E-state index is 13.0. The number of thiophene rings is 1. The predicted octanol–water partition coefficient (Wildman–Crippen LogP) is 5.12. The fourth-order valence-corrected chi connectivity index (χ4v) is 5.35. The van der Waals surface area contributed by atoms with E-state index >= 15 is 0 Å². The first kappa shape index (κ1) is 18.0. The predicted molar refractivity (Wildman–Crippen MR) is 111 cm³/mol. The molecule has 27 heavy (non-hydrogen) atoms. The van der Waals surface area contributed by atoms with E-state index in [1.807, 2.05) is 48.2 Å². The fourth-order valence-electron chi connectivity index (χ4n) is 3.89. The first-order chi connectivity index (χ1) is 13.0. The Kier molecular flexibility index (Phi) is 4.67. The number of rotatable bonds is 2. The number of Topliss-reactive ketones (excluding diaryl/α,β-unsaturated/α-hetero) is 1. The molecule has 2 N–H and O–H groups in total. The van der Waals surface area contributed by atoms with Crippen LogP contribution in [0.5, 0.6) is 0 Å². The van der Waals surface area contributed by atoms with E-state index in [4.69, 9.17) is 5.73 Å². The van der Waals surface area contributed by atoms with Crippen molar-refractivity contribution in [1.29, 1.82) is 5.26 Å². The van der Waals surface area contributed by atoms with Crippen molar-refractivity contribution >= 4 is 38.7 Å². The Labute approximate surface area is 170 Å². The van der Waals surface area contributed by atoms with Gasteiger partial charge < -0.3 is 5.73 Å². The summed E-state index contributed by atoms with van der Waals surface area (Å²) in [5.41, 5.74) is 9.49. The van der Waals surface area contributed by atoms with Crippen LogP contribution in [0.15, 0.2) is 63.5 Å². The third-order valence-corrected chi connectivity index (χ3v) is 6.79. The second-order valence-corrected chi connectivity index (χ2v) is 8.89. The van der Waals surface area contributed by atoms with Crippen LogP contribution in [0.25, 0.3) is 0 Å². The van der Waals surface area contributed by atoms with E-state index in [9.17, 15) is 10.1 Å². The van der Waals surface area contributed by atoms with E-state index in [2.05, 4.69) is 22.0 Å². The van der Waals surface area contributed by atoms with Gasteiger partial charge in [-0.2, -0.15) is 5.26 Å². The van der Waals surface area contributed by atoms with Gasteiger partial charge in [0, 0.05) is 31.9 Å². The van der Waals surface area contributed by atoms with E-state index in [1.54, 1.807) is 11.3 Å². The summed E-state index contributed by atoms with van der Waals surface area (Å²) in [5, 5.41) is 9.95. The van der Waals surface area contributed by atoms with Crippen LogP contribution in [-0.4, -0.2) is 5.78 Å². The molecule has 4 nitrogen and oxygen atoms in total. The Morgan fingerprint density at radius 2 is 2.04 bits per heavy atom. The number of nitriles is 1. The third kappa shape index (κ3) is 2.91. The summed E-state index contributed by atoms with van der Waals surface area (Å²) < 4.78 is 0.875. The number of aryl methyl sites for hydroxylation is 1. The largest absolute Gasteiger partial charge is 0.384 e. The number of para-hydroxylation sites is 1. The number of benzene rings is 1. The second kappa shape index (κ2) is 6.99. The summed E-state index contributed by atoms with van der Waals surface area (Å²) in [5.74, 6) is 0.161. The van der Waals surface area contributed by atoms with E-state index in [0.717, 1.165) is 44.0 Å². The van der Waals surface area contributed by atoms with Crippen molar-refractivity contribution < 1.29 is 4.79 Å². The quantitative estimate of drug-likeness (QED) is 0.704. The highest BCUT2D eigenvalue weighted by Crippen LogP contribution is 2.48. The van der Waals surface area contributed by atoms with Gasteiger partial charge in [-0.15, -0.1) is 11.3 Å². The van der Waals surface area contributed by atoms with Gasteiger partial charge in [0.05, 0.1) is 23.2 Å². The molecule has 4 rings (SSSR count). The average molecular weight is 440 g/mol. The number of carbonyl (C=O) groups excluding carboxylic acids is 1. The van der Waals surface area contributed by atoms with Gasteiger partial charge in [0.15, 0.2) is 5.78 Å². The molecular formula is C21H18BrN3OS. The summed E-state index contributed by atoms with van der Waals surface area (Å²) in [6.07, 6.45) is 2.08. The Hall–Kier alpha value is -2.36. The fraction of sp³-hybridized carbons (Fsp3) is 0.238. The molecule has 0 bridgehead atoms. The zero-order valence-corrected chi connectivity index (χ0v) is 17.2. The van der Waals surface area contributed by atoms with Crippen LogP contribution in [0.1, 0.15) is 34.9 Å². The number of carbonyl (C=O) groups is 1. The van der Waals surface area contributed by atoms with Gasteiger partial charge >= 0.3 is 0 Å². The Balaban J connectivity index is 1.99. The van der Waals surface area contributed by atoms with Crippen molar-refractivity contribution in [3.63, 3.8) is 0 Å². The highest BCUT2D eigenvalue weighted by molar-refractivity contribution is 9.10.